The molecule has 9 aromatic carbocycles. The van der Waals surface area contributed by atoms with Gasteiger partial charge < -0.3 is 4.90 Å². The van der Waals surface area contributed by atoms with E-state index < -0.39 is 5.41 Å². The molecule has 0 spiro atoms. The second-order valence-corrected chi connectivity index (χ2v) is 17.8. The molecule has 12 rings (SSSR count). The lowest BCUT2D eigenvalue weighted by molar-refractivity contribution is 0.660. The fourth-order valence-electron chi connectivity index (χ4n) is 10.8. The number of hydrogen-bond donors (Lipinski definition) is 0. The molecule has 2 aliphatic carbocycles. The third kappa shape index (κ3) is 4.86. The van der Waals surface area contributed by atoms with Gasteiger partial charge in [0, 0.05) is 48.0 Å². The minimum absolute atomic E-state index is 0.156. The zero-order valence-corrected chi connectivity index (χ0v) is 34.4. The molecule has 0 bridgehead atoms. The monoisotopic (exact) mass is 783 g/mol. The summed E-state index contributed by atoms with van der Waals surface area (Å²) in [6.45, 7) is 4.76. The Morgan fingerprint density at radius 2 is 0.933 bits per heavy atom. The van der Waals surface area contributed by atoms with Gasteiger partial charge in [-0.05, 0) is 80.4 Å². The highest BCUT2D eigenvalue weighted by Gasteiger charge is 2.47. The van der Waals surface area contributed by atoms with E-state index in [2.05, 4.69) is 231 Å². The van der Waals surface area contributed by atoms with Gasteiger partial charge in [0.25, 0.3) is 0 Å². The Bertz CT molecular complexity index is 3260. The van der Waals surface area contributed by atoms with Crippen molar-refractivity contribution in [1.29, 1.82) is 0 Å². The minimum Gasteiger partial charge on any atom is -0.309 e. The predicted molar refractivity (Wildman–Crippen MR) is 254 cm³/mol. The summed E-state index contributed by atoms with van der Waals surface area (Å²) in [6.07, 6.45) is 0. The number of nitrogens with zero attached hydrogens (tertiary/aromatic N) is 1. The van der Waals surface area contributed by atoms with Crippen LogP contribution in [-0.2, 0) is 10.8 Å². The Balaban J connectivity index is 1.18. The van der Waals surface area contributed by atoms with Gasteiger partial charge in [0.15, 0.2) is 0 Å². The van der Waals surface area contributed by atoms with Crippen molar-refractivity contribution in [2.24, 2.45) is 0 Å². The molecule has 0 saturated heterocycles. The molecule has 1 nitrogen and oxygen atoms in total. The lowest BCUT2D eigenvalue weighted by Gasteiger charge is -2.35. The maximum Gasteiger partial charge on any atom is 0.0714 e. The molecule has 0 N–H and O–H groups in total. The largest absolute Gasteiger partial charge is 0.309 e. The van der Waals surface area contributed by atoms with Gasteiger partial charge in [-0.15, -0.1) is 11.3 Å². The van der Waals surface area contributed by atoms with Crippen molar-refractivity contribution < 1.29 is 0 Å². The zero-order valence-electron chi connectivity index (χ0n) is 33.6. The highest BCUT2D eigenvalue weighted by molar-refractivity contribution is 7.26. The lowest BCUT2D eigenvalue weighted by Crippen LogP contribution is -2.28. The number of fused-ring (bicyclic) bond motifs is 9. The van der Waals surface area contributed by atoms with Crippen molar-refractivity contribution in [3.8, 4) is 33.4 Å². The Morgan fingerprint density at radius 1 is 0.383 bits per heavy atom. The molecule has 0 fully saturated rings. The average molecular weight is 784 g/mol. The number of hydrogen-bond acceptors (Lipinski definition) is 2. The fraction of sp³-hybridized carbons (Fsp3) is 0.0690. The van der Waals surface area contributed by atoms with E-state index in [1.165, 1.54) is 86.9 Å². The van der Waals surface area contributed by atoms with Crippen molar-refractivity contribution in [3.05, 3.63) is 246 Å². The normalized spacial score (nSPS) is 14.1. The summed E-state index contributed by atoms with van der Waals surface area (Å²) in [6, 6.07) is 79.3. The van der Waals surface area contributed by atoms with Crippen LogP contribution in [0.5, 0.6) is 0 Å². The first-order valence-corrected chi connectivity index (χ1v) is 21.8. The van der Waals surface area contributed by atoms with Crippen LogP contribution in [0.3, 0.4) is 0 Å². The molecule has 60 heavy (non-hydrogen) atoms. The summed E-state index contributed by atoms with van der Waals surface area (Å²) in [7, 11) is 0. The smallest absolute Gasteiger partial charge is 0.0714 e. The van der Waals surface area contributed by atoms with Crippen molar-refractivity contribution in [1.82, 2.24) is 0 Å². The van der Waals surface area contributed by atoms with E-state index in [4.69, 9.17) is 0 Å². The summed E-state index contributed by atoms with van der Waals surface area (Å²) < 4.78 is 2.62. The van der Waals surface area contributed by atoms with E-state index in [9.17, 15) is 0 Å². The number of anilines is 3. The van der Waals surface area contributed by atoms with Gasteiger partial charge in [-0.1, -0.05) is 196 Å². The molecular formula is C58H41NS. The van der Waals surface area contributed by atoms with Gasteiger partial charge in [0.2, 0.25) is 0 Å². The summed E-state index contributed by atoms with van der Waals surface area (Å²) in [5.41, 5.74) is 18.3. The Kier molecular flexibility index (Phi) is 7.73. The number of rotatable bonds is 6. The molecule has 2 aliphatic rings. The summed E-state index contributed by atoms with van der Waals surface area (Å²) in [5, 5.41) is 2.61. The molecule has 284 valence electrons. The second kappa shape index (κ2) is 13.3. The second-order valence-electron chi connectivity index (χ2n) is 16.8. The average Bonchev–Trinajstić information content (AvgIpc) is 3.92. The maximum absolute atomic E-state index is 2.57. The van der Waals surface area contributed by atoms with Crippen LogP contribution in [0, 0.1) is 0 Å². The quantitative estimate of drug-likeness (QED) is 0.162. The lowest BCUT2D eigenvalue weighted by atomic mass is 9.68. The van der Waals surface area contributed by atoms with E-state index in [-0.39, 0.29) is 5.41 Å². The van der Waals surface area contributed by atoms with Crippen molar-refractivity contribution in [2.45, 2.75) is 24.7 Å². The van der Waals surface area contributed by atoms with Crippen LogP contribution < -0.4 is 4.90 Å². The SMILES string of the molecule is CC1(C)c2ccccc2-c2ccc(N(c3ccccc3-c3cccc4c3sc3ccccc34)c3cccc4c3-c3ccccc3C4(c3ccccc3)c3ccccc3)cc21. The zero-order chi connectivity index (χ0) is 40.0. The van der Waals surface area contributed by atoms with Crippen LogP contribution in [0.4, 0.5) is 17.1 Å². The highest BCUT2D eigenvalue weighted by Crippen LogP contribution is 2.60. The van der Waals surface area contributed by atoms with E-state index in [0.29, 0.717) is 0 Å². The standard InChI is InChI=1S/C58H41NS/c1-57(2)48-29-13-9-23-41(48)42-36-35-40(37-51(42)57)59(52-32-15-11-24-43(52)45-27-17-28-46-44-25-12-16-34-54(44)60-56(45)46)53-33-18-31-50-55(53)47-26-10-14-30-49(47)58(50,38-19-5-3-6-20-38)39-21-7-4-8-22-39/h3-37H,1-2H3. The Labute approximate surface area is 355 Å². The molecule has 0 saturated carbocycles. The third-order valence-corrected chi connectivity index (χ3v) is 14.6. The number of para-hydroxylation sites is 1. The van der Waals surface area contributed by atoms with Gasteiger partial charge >= 0.3 is 0 Å². The molecule has 2 heteroatoms. The molecule has 0 amide bonds. The minimum atomic E-state index is -0.514. The molecule has 0 aliphatic heterocycles. The van der Waals surface area contributed by atoms with E-state index in [1.807, 2.05) is 11.3 Å². The third-order valence-electron chi connectivity index (χ3n) is 13.4. The first-order chi connectivity index (χ1) is 29.5. The van der Waals surface area contributed by atoms with Crippen LogP contribution in [0.2, 0.25) is 0 Å². The number of thiophene rings is 1. The van der Waals surface area contributed by atoms with Gasteiger partial charge in [-0.2, -0.15) is 0 Å². The van der Waals surface area contributed by atoms with Crippen LogP contribution in [0.25, 0.3) is 53.6 Å². The summed E-state index contributed by atoms with van der Waals surface area (Å²) in [4.78, 5) is 2.57. The van der Waals surface area contributed by atoms with Crippen molar-refractivity contribution >= 4 is 48.6 Å². The predicted octanol–water partition coefficient (Wildman–Crippen LogP) is 15.9. The van der Waals surface area contributed by atoms with Crippen LogP contribution in [0.1, 0.15) is 47.2 Å². The topological polar surface area (TPSA) is 3.24 Å². The maximum atomic E-state index is 2.57. The Morgan fingerprint density at radius 3 is 1.72 bits per heavy atom. The van der Waals surface area contributed by atoms with E-state index in [0.717, 1.165) is 17.1 Å². The first-order valence-electron chi connectivity index (χ1n) is 20.9. The molecule has 10 aromatic rings. The molecule has 0 atom stereocenters. The Hall–Kier alpha value is -7.00. The molecule has 0 radical (unpaired) electrons. The van der Waals surface area contributed by atoms with Gasteiger partial charge in [0.1, 0.15) is 0 Å². The van der Waals surface area contributed by atoms with Gasteiger partial charge in [-0.25, -0.2) is 0 Å². The van der Waals surface area contributed by atoms with E-state index >= 15 is 0 Å². The van der Waals surface area contributed by atoms with Gasteiger partial charge in [0.05, 0.1) is 16.8 Å². The van der Waals surface area contributed by atoms with Crippen LogP contribution in [0.15, 0.2) is 212 Å². The first kappa shape index (κ1) is 35.0. The highest BCUT2D eigenvalue weighted by atomic mass is 32.1. The molecule has 1 heterocycles. The van der Waals surface area contributed by atoms with Gasteiger partial charge in [-0.3, -0.25) is 0 Å². The molecule has 1 aromatic heterocycles. The molecule has 0 unspecified atom stereocenters. The van der Waals surface area contributed by atoms with E-state index in [1.54, 1.807) is 0 Å². The van der Waals surface area contributed by atoms with Crippen LogP contribution in [-0.4, -0.2) is 0 Å². The van der Waals surface area contributed by atoms with Crippen molar-refractivity contribution in [2.75, 3.05) is 4.90 Å². The number of benzene rings is 9. The van der Waals surface area contributed by atoms with Crippen molar-refractivity contribution in [3.63, 3.8) is 0 Å². The summed E-state index contributed by atoms with van der Waals surface area (Å²) >= 11 is 1.89. The molecular weight excluding hydrogens is 743 g/mol. The van der Waals surface area contributed by atoms with Crippen LogP contribution >= 0.6 is 11.3 Å². The fourth-order valence-corrected chi connectivity index (χ4v) is 12.0. The summed E-state index contributed by atoms with van der Waals surface area (Å²) in [5.74, 6) is 0.